The quantitative estimate of drug-likeness (QED) is 0.836. The van der Waals surface area contributed by atoms with Crippen LogP contribution in [0.1, 0.15) is 18.9 Å². The number of aliphatic hydroxyl groups excluding tert-OH is 1. The second-order valence-electron chi connectivity index (χ2n) is 5.68. The molecule has 5 nitrogen and oxygen atoms in total. The minimum atomic E-state index is -3.60. The highest BCUT2D eigenvalue weighted by Crippen LogP contribution is 2.25. The van der Waals surface area contributed by atoms with E-state index in [0.717, 1.165) is 19.5 Å². The third-order valence-electron chi connectivity index (χ3n) is 3.88. The van der Waals surface area contributed by atoms with Gasteiger partial charge in [-0.15, -0.1) is 0 Å². The first kappa shape index (κ1) is 16.9. The number of halogens is 1. The van der Waals surface area contributed by atoms with Gasteiger partial charge in [-0.2, -0.15) is 0 Å². The fraction of sp³-hybridized carbons (Fsp3) is 0.571. The Labute approximate surface area is 134 Å². The molecule has 1 aromatic rings. The van der Waals surface area contributed by atoms with Crippen LogP contribution in [0.4, 0.5) is 0 Å². The largest absolute Gasteiger partial charge is 0.392 e. The van der Waals surface area contributed by atoms with E-state index in [1.54, 1.807) is 12.1 Å². The average molecular weight is 377 g/mol. The number of hydrogen-bond acceptors (Lipinski definition) is 4. The van der Waals surface area contributed by atoms with Gasteiger partial charge in [0.1, 0.15) is 0 Å². The maximum atomic E-state index is 12.6. The molecule has 0 amide bonds. The number of likely N-dealkylation sites (tertiary alicyclic amines) is 1. The third kappa shape index (κ3) is 4.04. The fourth-order valence-corrected chi connectivity index (χ4v) is 5.04. The molecule has 1 saturated heterocycles. The topological polar surface area (TPSA) is 69.6 Å². The van der Waals surface area contributed by atoms with Crippen molar-refractivity contribution in [3.05, 3.63) is 28.2 Å². The lowest BCUT2D eigenvalue weighted by Crippen LogP contribution is -2.48. The van der Waals surface area contributed by atoms with Gasteiger partial charge in [-0.3, -0.25) is 0 Å². The summed E-state index contributed by atoms with van der Waals surface area (Å²) in [6, 6.07) is 4.79. The molecular weight excluding hydrogens is 356 g/mol. The Morgan fingerprint density at radius 2 is 2.19 bits per heavy atom. The summed E-state index contributed by atoms with van der Waals surface area (Å²) in [5.74, 6) is 0.262. The number of benzene rings is 1. The molecule has 0 radical (unpaired) electrons. The van der Waals surface area contributed by atoms with E-state index in [1.165, 1.54) is 6.07 Å². The number of piperidine rings is 1. The van der Waals surface area contributed by atoms with Crippen molar-refractivity contribution in [3.8, 4) is 0 Å². The first-order valence-electron chi connectivity index (χ1n) is 6.93. The molecule has 0 bridgehead atoms. The van der Waals surface area contributed by atoms with Crippen molar-refractivity contribution in [2.24, 2.45) is 5.92 Å². The number of sulfonamides is 1. The average Bonchev–Trinajstić information content (AvgIpc) is 2.42. The summed E-state index contributed by atoms with van der Waals surface area (Å²) in [5, 5.41) is 9.18. The van der Waals surface area contributed by atoms with Crippen LogP contribution in [0.25, 0.3) is 0 Å². The van der Waals surface area contributed by atoms with Gasteiger partial charge in [0.05, 0.1) is 11.5 Å². The summed E-state index contributed by atoms with van der Waals surface area (Å²) in [5.41, 5.74) is 0.579. The minimum absolute atomic E-state index is 0.0594. The van der Waals surface area contributed by atoms with E-state index in [1.807, 2.05) is 7.05 Å². The fourth-order valence-electron chi connectivity index (χ4n) is 2.64. The van der Waals surface area contributed by atoms with Crippen molar-refractivity contribution in [1.29, 1.82) is 0 Å². The number of nitrogens with one attached hydrogen (secondary N) is 1. The summed E-state index contributed by atoms with van der Waals surface area (Å²) in [4.78, 5) is 2.39. The predicted molar refractivity (Wildman–Crippen MR) is 85.5 cm³/mol. The molecule has 1 fully saturated rings. The van der Waals surface area contributed by atoms with Gasteiger partial charge in [-0.05, 0) is 59.6 Å². The molecule has 1 aromatic carbocycles. The molecule has 2 unspecified atom stereocenters. The van der Waals surface area contributed by atoms with Crippen molar-refractivity contribution in [2.45, 2.75) is 30.9 Å². The molecule has 2 atom stereocenters. The summed E-state index contributed by atoms with van der Waals surface area (Å²) in [7, 11) is -1.56. The van der Waals surface area contributed by atoms with E-state index in [-0.39, 0.29) is 23.5 Å². The van der Waals surface area contributed by atoms with Crippen molar-refractivity contribution in [3.63, 3.8) is 0 Å². The third-order valence-corrected chi connectivity index (χ3v) is 6.37. The lowest BCUT2D eigenvalue weighted by atomic mass is 9.95. The van der Waals surface area contributed by atoms with Crippen LogP contribution < -0.4 is 4.72 Å². The highest BCUT2D eigenvalue weighted by molar-refractivity contribution is 9.10. The molecule has 118 valence electrons. The van der Waals surface area contributed by atoms with Crippen LogP contribution in [0.2, 0.25) is 0 Å². The summed E-state index contributed by atoms with van der Waals surface area (Å²) in [6.45, 7) is 3.64. The van der Waals surface area contributed by atoms with Crippen LogP contribution in [0.3, 0.4) is 0 Å². The van der Waals surface area contributed by atoms with E-state index >= 15 is 0 Å². The maximum Gasteiger partial charge on any atom is 0.241 e. The first-order valence-corrected chi connectivity index (χ1v) is 9.21. The summed E-state index contributed by atoms with van der Waals surface area (Å²) < 4.78 is 28.5. The van der Waals surface area contributed by atoms with Crippen LogP contribution in [-0.4, -0.2) is 44.6 Å². The second kappa shape index (κ2) is 6.75. The second-order valence-corrected chi connectivity index (χ2v) is 8.22. The lowest BCUT2D eigenvalue weighted by molar-refractivity contribution is 0.188. The normalized spacial score (nSPS) is 24.2. The van der Waals surface area contributed by atoms with Crippen molar-refractivity contribution < 1.29 is 13.5 Å². The molecule has 2 rings (SSSR count). The lowest BCUT2D eigenvalue weighted by Gasteiger charge is -2.35. The Hall–Kier alpha value is -0.470. The molecule has 7 heteroatoms. The summed E-state index contributed by atoms with van der Waals surface area (Å²) in [6.07, 6.45) is 0.800. The van der Waals surface area contributed by atoms with Gasteiger partial charge < -0.3 is 10.0 Å². The molecule has 1 aliphatic heterocycles. The smallest absolute Gasteiger partial charge is 0.241 e. The van der Waals surface area contributed by atoms with Crippen molar-refractivity contribution in [1.82, 2.24) is 9.62 Å². The van der Waals surface area contributed by atoms with Crippen molar-refractivity contribution in [2.75, 3.05) is 20.1 Å². The van der Waals surface area contributed by atoms with E-state index in [2.05, 4.69) is 32.5 Å². The maximum absolute atomic E-state index is 12.6. The number of aliphatic hydroxyl groups is 1. The highest BCUT2D eigenvalue weighted by atomic mass is 79.9. The zero-order valence-corrected chi connectivity index (χ0v) is 14.6. The number of nitrogens with zero attached hydrogens (tertiary/aromatic N) is 1. The Balaban J connectivity index is 2.22. The highest BCUT2D eigenvalue weighted by Gasteiger charge is 2.29. The van der Waals surface area contributed by atoms with Crippen LogP contribution in [0.5, 0.6) is 0 Å². The Kier molecular flexibility index (Phi) is 5.43. The molecule has 1 heterocycles. The zero-order valence-electron chi connectivity index (χ0n) is 12.2. The van der Waals surface area contributed by atoms with Crippen LogP contribution in [-0.2, 0) is 16.6 Å². The van der Waals surface area contributed by atoms with Gasteiger partial charge in [0.2, 0.25) is 10.0 Å². The van der Waals surface area contributed by atoms with Crippen LogP contribution >= 0.6 is 15.9 Å². The van der Waals surface area contributed by atoms with Crippen molar-refractivity contribution >= 4 is 26.0 Å². The number of rotatable bonds is 4. The van der Waals surface area contributed by atoms with Gasteiger partial charge in [0, 0.05) is 17.1 Å². The summed E-state index contributed by atoms with van der Waals surface area (Å²) >= 11 is 3.28. The van der Waals surface area contributed by atoms with Gasteiger partial charge in [-0.25, -0.2) is 13.1 Å². The predicted octanol–water partition coefficient (Wildman–Crippen LogP) is 1.56. The number of hydrogen-bond donors (Lipinski definition) is 2. The van der Waals surface area contributed by atoms with Gasteiger partial charge >= 0.3 is 0 Å². The molecular formula is C14H21BrN2O3S. The van der Waals surface area contributed by atoms with Crippen LogP contribution in [0, 0.1) is 5.92 Å². The van der Waals surface area contributed by atoms with Gasteiger partial charge in [0.25, 0.3) is 0 Å². The molecule has 0 aliphatic carbocycles. The van der Waals surface area contributed by atoms with Crippen LogP contribution in [0.15, 0.2) is 27.6 Å². The van der Waals surface area contributed by atoms with E-state index in [0.29, 0.717) is 10.0 Å². The van der Waals surface area contributed by atoms with E-state index < -0.39 is 10.0 Å². The van der Waals surface area contributed by atoms with Gasteiger partial charge in [-0.1, -0.05) is 13.0 Å². The molecule has 0 spiro atoms. The van der Waals surface area contributed by atoms with Gasteiger partial charge in [0.15, 0.2) is 0 Å². The van der Waals surface area contributed by atoms with E-state index in [9.17, 15) is 13.5 Å². The molecule has 21 heavy (non-hydrogen) atoms. The molecule has 0 saturated carbocycles. The standard InChI is InChI=1S/C14H21BrN2O3S/c1-10-8-17(2)6-5-13(10)16-21(19,20)14-7-11(9-18)3-4-12(14)15/h3-4,7,10,13,16,18H,5-6,8-9H2,1-2H3. The molecule has 0 aromatic heterocycles. The monoisotopic (exact) mass is 376 g/mol. The molecule has 1 aliphatic rings. The Bertz CT molecular complexity index is 606. The SMILES string of the molecule is CC1CN(C)CCC1NS(=O)(=O)c1cc(CO)ccc1Br. The molecule has 2 N–H and O–H groups in total. The first-order chi connectivity index (χ1) is 9.83. The minimum Gasteiger partial charge on any atom is -0.392 e. The zero-order chi connectivity index (χ0) is 15.6. The van der Waals surface area contributed by atoms with E-state index in [4.69, 9.17) is 0 Å². The Morgan fingerprint density at radius 3 is 2.81 bits per heavy atom. The Morgan fingerprint density at radius 1 is 1.48 bits per heavy atom.